The predicted molar refractivity (Wildman–Crippen MR) is 71.7 cm³/mol. The molecule has 0 bridgehead atoms. The van der Waals surface area contributed by atoms with Gasteiger partial charge in [-0.15, -0.1) is 5.10 Å². The lowest BCUT2D eigenvalue weighted by atomic mass is 10.2. The molecule has 0 saturated heterocycles. The van der Waals surface area contributed by atoms with E-state index in [-0.39, 0.29) is 11.6 Å². The monoisotopic (exact) mass is 259 g/mol. The Hall–Kier alpha value is -2.55. The molecule has 0 aliphatic heterocycles. The van der Waals surface area contributed by atoms with Crippen molar-refractivity contribution in [2.75, 3.05) is 24.7 Å². The zero-order valence-electron chi connectivity index (χ0n) is 11.0. The van der Waals surface area contributed by atoms with E-state index < -0.39 is 0 Å². The number of rotatable bonds is 2. The Bertz CT molecular complexity index is 666. The Morgan fingerprint density at radius 1 is 1.42 bits per heavy atom. The molecule has 0 spiro atoms. The number of nitrogen functional groups attached to an aromatic ring is 1. The molecule has 1 heterocycles. The molecule has 0 radical (unpaired) electrons. The normalized spacial score (nSPS) is 10.3. The first kappa shape index (κ1) is 12.9. The minimum Gasteiger partial charge on any atom is -0.382 e. The third kappa shape index (κ3) is 2.10. The van der Waals surface area contributed by atoms with Crippen molar-refractivity contribution in [3.05, 3.63) is 35.1 Å². The summed E-state index contributed by atoms with van der Waals surface area (Å²) in [5.41, 5.74) is 7.62. The molecule has 19 heavy (non-hydrogen) atoms. The molecule has 0 unspecified atom stereocenters. The van der Waals surface area contributed by atoms with Crippen molar-refractivity contribution < 1.29 is 4.39 Å². The van der Waals surface area contributed by atoms with E-state index >= 15 is 0 Å². The van der Waals surface area contributed by atoms with Crippen molar-refractivity contribution in [2.45, 2.75) is 6.92 Å². The molecule has 1 aromatic heterocycles. The molecule has 5 nitrogen and oxygen atoms in total. The molecule has 0 fully saturated rings. The number of aromatic nitrogens is 2. The van der Waals surface area contributed by atoms with Crippen LogP contribution in [0.3, 0.4) is 0 Å². The third-order valence-corrected chi connectivity index (χ3v) is 2.83. The highest BCUT2D eigenvalue weighted by Gasteiger charge is 2.18. The van der Waals surface area contributed by atoms with Gasteiger partial charge in [-0.25, -0.2) is 9.07 Å². The zero-order chi connectivity index (χ0) is 14.2. The van der Waals surface area contributed by atoms with E-state index in [1.807, 2.05) is 6.07 Å². The highest BCUT2D eigenvalue weighted by molar-refractivity contribution is 5.67. The van der Waals surface area contributed by atoms with Crippen LogP contribution in [-0.2, 0) is 0 Å². The zero-order valence-corrected chi connectivity index (χ0v) is 11.0. The van der Waals surface area contributed by atoms with Gasteiger partial charge in [0, 0.05) is 14.1 Å². The summed E-state index contributed by atoms with van der Waals surface area (Å²) in [6.07, 6.45) is 0. The topological polar surface area (TPSA) is 70.9 Å². The van der Waals surface area contributed by atoms with E-state index in [2.05, 4.69) is 5.10 Å². The maximum atomic E-state index is 13.1. The number of nitriles is 1. The average molecular weight is 259 g/mol. The van der Waals surface area contributed by atoms with Crippen LogP contribution in [0.4, 0.5) is 16.0 Å². The van der Waals surface area contributed by atoms with E-state index in [1.165, 1.54) is 16.8 Å². The summed E-state index contributed by atoms with van der Waals surface area (Å²) in [6, 6.07) is 6.37. The van der Waals surface area contributed by atoms with Crippen molar-refractivity contribution in [1.29, 1.82) is 5.26 Å². The van der Waals surface area contributed by atoms with E-state index in [9.17, 15) is 4.39 Å². The molecular formula is C13H14FN5. The van der Waals surface area contributed by atoms with Crippen LogP contribution in [0.15, 0.2) is 18.2 Å². The van der Waals surface area contributed by atoms with E-state index in [0.29, 0.717) is 22.6 Å². The van der Waals surface area contributed by atoms with Gasteiger partial charge in [-0.05, 0) is 30.7 Å². The van der Waals surface area contributed by atoms with Gasteiger partial charge in [-0.2, -0.15) is 5.26 Å². The highest BCUT2D eigenvalue weighted by Crippen LogP contribution is 2.27. The number of hydrogen-bond donors (Lipinski definition) is 1. The number of anilines is 2. The number of nitrogens with two attached hydrogens (primary N) is 1. The van der Waals surface area contributed by atoms with E-state index in [4.69, 9.17) is 11.0 Å². The highest BCUT2D eigenvalue weighted by atomic mass is 19.1. The lowest BCUT2D eigenvalue weighted by Gasteiger charge is -2.08. The van der Waals surface area contributed by atoms with Gasteiger partial charge in [0.25, 0.3) is 0 Å². The second kappa shape index (κ2) is 4.61. The molecule has 0 atom stereocenters. The molecular weight excluding hydrogens is 245 g/mol. The van der Waals surface area contributed by atoms with E-state index in [0.717, 1.165) is 0 Å². The van der Waals surface area contributed by atoms with Gasteiger partial charge in [0.05, 0.1) is 5.69 Å². The molecule has 2 rings (SSSR count). The minimum atomic E-state index is -0.319. The van der Waals surface area contributed by atoms with Gasteiger partial charge in [-0.3, -0.25) is 0 Å². The van der Waals surface area contributed by atoms with Crippen LogP contribution in [0.2, 0.25) is 0 Å². The fourth-order valence-electron chi connectivity index (χ4n) is 1.88. The van der Waals surface area contributed by atoms with Gasteiger partial charge in [0.15, 0.2) is 5.82 Å². The van der Waals surface area contributed by atoms with Crippen LogP contribution < -0.4 is 10.6 Å². The summed E-state index contributed by atoms with van der Waals surface area (Å²) < 4.78 is 14.6. The number of halogens is 1. The molecule has 2 aromatic rings. The smallest absolute Gasteiger partial charge is 0.170 e. The molecule has 98 valence electrons. The summed E-state index contributed by atoms with van der Waals surface area (Å²) in [5.74, 6) is 0.421. The van der Waals surface area contributed by atoms with Crippen LogP contribution in [0, 0.1) is 24.1 Å². The summed E-state index contributed by atoms with van der Waals surface area (Å²) >= 11 is 0. The van der Waals surface area contributed by atoms with Crippen molar-refractivity contribution in [2.24, 2.45) is 0 Å². The Balaban J connectivity index is 2.67. The molecule has 6 heteroatoms. The van der Waals surface area contributed by atoms with Gasteiger partial charge in [0.1, 0.15) is 23.3 Å². The minimum absolute atomic E-state index is 0.251. The van der Waals surface area contributed by atoms with Crippen LogP contribution in [0.1, 0.15) is 11.1 Å². The first-order valence-corrected chi connectivity index (χ1v) is 5.68. The molecule has 0 saturated carbocycles. The van der Waals surface area contributed by atoms with Gasteiger partial charge in [0.2, 0.25) is 0 Å². The van der Waals surface area contributed by atoms with Gasteiger partial charge in [-0.1, -0.05) is 0 Å². The Morgan fingerprint density at radius 2 is 2.11 bits per heavy atom. The Morgan fingerprint density at radius 3 is 2.58 bits per heavy atom. The second-order valence-corrected chi connectivity index (χ2v) is 4.43. The maximum absolute atomic E-state index is 13.1. The van der Waals surface area contributed by atoms with Gasteiger partial charge >= 0.3 is 0 Å². The number of hydrogen-bond acceptors (Lipinski definition) is 4. The molecule has 1 aromatic carbocycles. The number of benzene rings is 1. The van der Waals surface area contributed by atoms with Crippen LogP contribution in [-0.4, -0.2) is 23.9 Å². The Kier molecular flexibility index (Phi) is 3.13. The molecule has 0 aliphatic rings. The maximum Gasteiger partial charge on any atom is 0.170 e. The molecule has 0 aliphatic carbocycles. The summed E-state index contributed by atoms with van der Waals surface area (Å²) in [6.45, 7) is 1.76. The fourth-order valence-corrected chi connectivity index (χ4v) is 1.88. The molecule has 0 amide bonds. The predicted octanol–water partition coefficient (Wildman–Crippen LogP) is 1.84. The quantitative estimate of drug-likeness (QED) is 0.893. The lowest BCUT2D eigenvalue weighted by molar-refractivity contribution is 0.625. The number of aryl methyl sites for hydroxylation is 1. The number of nitrogens with zero attached hydrogens (tertiary/aromatic N) is 4. The first-order valence-electron chi connectivity index (χ1n) is 5.68. The van der Waals surface area contributed by atoms with Crippen LogP contribution >= 0.6 is 0 Å². The van der Waals surface area contributed by atoms with Crippen molar-refractivity contribution >= 4 is 11.6 Å². The first-order chi connectivity index (χ1) is 8.95. The van der Waals surface area contributed by atoms with Crippen LogP contribution in [0.5, 0.6) is 0 Å². The van der Waals surface area contributed by atoms with Crippen molar-refractivity contribution in [3.8, 4) is 11.8 Å². The van der Waals surface area contributed by atoms with E-state index in [1.54, 1.807) is 32.0 Å². The van der Waals surface area contributed by atoms with Crippen LogP contribution in [0.25, 0.3) is 5.69 Å². The average Bonchev–Trinajstić information content (AvgIpc) is 2.66. The fraction of sp³-hybridized carbons (Fsp3) is 0.231. The Labute approximate surface area is 110 Å². The largest absolute Gasteiger partial charge is 0.382 e. The summed E-state index contributed by atoms with van der Waals surface area (Å²) in [7, 11) is 3.56. The lowest BCUT2D eigenvalue weighted by Crippen LogP contribution is -2.11. The molecule has 2 N–H and O–H groups in total. The van der Waals surface area contributed by atoms with Crippen molar-refractivity contribution in [3.63, 3.8) is 0 Å². The second-order valence-electron chi connectivity index (χ2n) is 4.43. The van der Waals surface area contributed by atoms with Crippen molar-refractivity contribution in [1.82, 2.24) is 9.78 Å². The summed E-state index contributed by atoms with van der Waals surface area (Å²) in [5, 5.41) is 13.5. The van der Waals surface area contributed by atoms with Gasteiger partial charge < -0.3 is 10.6 Å². The SMILES string of the molecule is Cc1cc(F)ccc1-n1nc(N(C)C)c(C#N)c1N. The standard InChI is InChI=1S/C13H14FN5/c1-8-6-9(14)4-5-11(8)19-12(16)10(7-15)13(17-19)18(2)3/h4-6H,16H2,1-3H3. The third-order valence-electron chi connectivity index (χ3n) is 2.83. The summed E-state index contributed by atoms with van der Waals surface area (Å²) in [4.78, 5) is 1.71.